The second kappa shape index (κ2) is 11.6. The minimum atomic E-state index is -4.01. The maximum atomic E-state index is 14.6. The van der Waals surface area contributed by atoms with Gasteiger partial charge < -0.3 is 5.32 Å². The smallest absolute Gasteiger partial charge is 0.300 e. The molecule has 2 aliphatic carbocycles. The number of anilines is 1. The molecule has 0 saturated heterocycles. The highest BCUT2D eigenvalue weighted by atomic mass is 32.2. The molecule has 49 heavy (non-hydrogen) atoms. The van der Waals surface area contributed by atoms with Crippen LogP contribution in [0.15, 0.2) is 78.1 Å². The van der Waals surface area contributed by atoms with Gasteiger partial charge >= 0.3 is 10.2 Å². The van der Waals surface area contributed by atoms with E-state index in [-0.39, 0.29) is 28.6 Å². The van der Waals surface area contributed by atoms with Crippen molar-refractivity contribution in [2.24, 2.45) is 7.05 Å². The number of hydrogen-bond acceptors (Lipinski definition) is 7. The molecule has 4 heterocycles. The van der Waals surface area contributed by atoms with E-state index in [1.807, 2.05) is 61.7 Å². The SMILES string of the molecule is C[C@@H](NC(=O)c1c(NS(=O)(=O)NC2CC2)nn2cccnc12)c1c2c3c(ccc(C#Cc4cnn(C)c4)c3c(=O)n1-c1ccccc1)C=C2. The summed E-state index contributed by atoms with van der Waals surface area (Å²) in [6, 6.07) is 13.7. The van der Waals surface area contributed by atoms with Crippen molar-refractivity contribution in [3.63, 3.8) is 0 Å². The number of nitrogens with zero attached hydrogens (tertiary/aromatic N) is 6. The summed E-state index contributed by atoms with van der Waals surface area (Å²) < 4.78 is 35.3. The summed E-state index contributed by atoms with van der Waals surface area (Å²) in [5.41, 5.74) is 3.89. The minimum absolute atomic E-state index is 0.0522. The van der Waals surface area contributed by atoms with Crippen LogP contribution in [-0.2, 0) is 17.3 Å². The molecular weight excluding hydrogens is 643 g/mol. The molecule has 0 bridgehead atoms. The molecule has 13 nitrogen and oxygen atoms in total. The number of carbonyl (C=O) groups excluding carboxylic acids is 1. The number of rotatable bonds is 8. The summed E-state index contributed by atoms with van der Waals surface area (Å²) in [7, 11) is -2.20. The van der Waals surface area contributed by atoms with Gasteiger partial charge in [0.05, 0.1) is 28.9 Å². The summed E-state index contributed by atoms with van der Waals surface area (Å²) in [4.78, 5) is 33.1. The summed E-state index contributed by atoms with van der Waals surface area (Å²) >= 11 is 0. The minimum Gasteiger partial charge on any atom is -0.344 e. The van der Waals surface area contributed by atoms with Crippen LogP contribution in [0.2, 0.25) is 0 Å². The Labute approximate surface area is 280 Å². The Morgan fingerprint density at radius 1 is 1.04 bits per heavy atom. The number of carbonyl (C=O) groups is 1. The summed E-state index contributed by atoms with van der Waals surface area (Å²) in [5, 5.41) is 12.7. The van der Waals surface area contributed by atoms with Crippen molar-refractivity contribution in [3.8, 4) is 17.5 Å². The number of aromatic nitrogens is 6. The van der Waals surface area contributed by atoms with Gasteiger partial charge in [0.15, 0.2) is 11.5 Å². The number of aryl methyl sites for hydroxylation is 1. The highest BCUT2D eigenvalue weighted by Gasteiger charge is 2.32. The lowest BCUT2D eigenvalue weighted by molar-refractivity contribution is 0.0941. The lowest BCUT2D eigenvalue weighted by Crippen LogP contribution is -2.35. The van der Waals surface area contributed by atoms with E-state index in [9.17, 15) is 18.0 Å². The van der Waals surface area contributed by atoms with Crippen LogP contribution in [0.4, 0.5) is 5.82 Å². The van der Waals surface area contributed by atoms with Crippen molar-refractivity contribution >= 4 is 50.5 Å². The molecule has 2 aromatic carbocycles. The topological polar surface area (TPSA) is 157 Å². The third kappa shape index (κ3) is 5.54. The normalized spacial score (nSPS) is 14.2. The number of benzene rings is 2. The van der Waals surface area contributed by atoms with Crippen molar-refractivity contribution in [1.82, 2.24) is 39.0 Å². The van der Waals surface area contributed by atoms with E-state index in [0.29, 0.717) is 22.3 Å². The molecule has 1 saturated carbocycles. The van der Waals surface area contributed by atoms with Crippen LogP contribution in [0.5, 0.6) is 0 Å². The molecule has 14 heteroatoms. The van der Waals surface area contributed by atoms with Crippen molar-refractivity contribution in [2.45, 2.75) is 31.8 Å². The zero-order valence-electron chi connectivity index (χ0n) is 26.4. The van der Waals surface area contributed by atoms with Crippen molar-refractivity contribution in [1.29, 1.82) is 0 Å². The van der Waals surface area contributed by atoms with Gasteiger partial charge in [-0.25, -0.2) is 9.50 Å². The molecular formula is C35H29N9O4S. The lowest BCUT2D eigenvalue weighted by Gasteiger charge is -2.23. The molecule has 244 valence electrons. The fraction of sp³-hybridized carbons (Fsp3) is 0.171. The Bertz CT molecular complexity index is 2590. The number of amides is 1. The van der Waals surface area contributed by atoms with E-state index < -0.39 is 22.2 Å². The van der Waals surface area contributed by atoms with E-state index in [4.69, 9.17) is 0 Å². The molecule has 4 aromatic heterocycles. The van der Waals surface area contributed by atoms with E-state index in [1.165, 1.54) is 10.7 Å². The van der Waals surface area contributed by atoms with Gasteiger partial charge in [-0.2, -0.15) is 18.2 Å². The summed E-state index contributed by atoms with van der Waals surface area (Å²) in [6.45, 7) is 1.78. The van der Waals surface area contributed by atoms with Crippen molar-refractivity contribution in [3.05, 3.63) is 117 Å². The fourth-order valence-electron chi connectivity index (χ4n) is 6.15. The van der Waals surface area contributed by atoms with Gasteiger partial charge in [0.25, 0.3) is 11.5 Å². The van der Waals surface area contributed by atoms with E-state index in [0.717, 1.165) is 34.9 Å². The highest BCUT2D eigenvalue weighted by Crippen LogP contribution is 2.37. The Balaban J connectivity index is 1.25. The van der Waals surface area contributed by atoms with Crippen LogP contribution in [-0.4, -0.2) is 49.3 Å². The van der Waals surface area contributed by atoms with Gasteiger partial charge in [-0.15, -0.1) is 5.10 Å². The standard InChI is InChI=1S/C35H29N9O4S/c1-21(38-34(45)30-32(39-43-18-6-17-36-33(30)43)41-49(47,48)40-25-14-15-25)31-27-16-13-23-11-12-24(10-9-22-19-37-42(2)20-22)29(28(23)27)35(46)44(31)26-7-4-3-5-8-26/h3-8,11-13,16-21,25,40H,14-15H2,1-2H3,(H,38,45)(H,39,41)/t21-/m1/s1. The number of nitrogens with one attached hydrogen (secondary N) is 3. The number of pyridine rings is 1. The van der Waals surface area contributed by atoms with Gasteiger partial charge in [0, 0.05) is 53.9 Å². The van der Waals surface area contributed by atoms with Gasteiger partial charge in [-0.3, -0.25) is 23.6 Å². The second-order valence-corrected chi connectivity index (χ2v) is 13.5. The fourth-order valence-corrected chi connectivity index (χ4v) is 7.28. The van der Waals surface area contributed by atoms with Crippen LogP contribution in [0.3, 0.4) is 0 Å². The van der Waals surface area contributed by atoms with Crippen LogP contribution >= 0.6 is 0 Å². The molecule has 0 spiro atoms. The first-order valence-electron chi connectivity index (χ1n) is 15.6. The molecule has 0 unspecified atom stereocenters. The number of fused-ring (bicyclic) bond motifs is 1. The Morgan fingerprint density at radius 2 is 1.86 bits per heavy atom. The predicted molar refractivity (Wildman–Crippen MR) is 185 cm³/mol. The maximum Gasteiger partial charge on any atom is 0.300 e. The molecule has 1 atom stereocenters. The van der Waals surface area contributed by atoms with E-state index in [1.54, 1.807) is 40.8 Å². The molecule has 2 aliphatic rings. The highest BCUT2D eigenvalue weighted by molar-refractivity contribution is 7.90. The molecule has 3 N–H and O–H groups in total. The van der Waals surface area contributed by atoms with Gasteiger partial charge in [-0.1, -0.05) is 48.3 Å². The van der Waals surface area contributed by atoms with Crippen LogP contribution in [0, 0.1) is 11.8 Å². The zero-order chi connectivity index (χ0) is 33.9. The largest absolute Gasteiger partial charge is 0.344 e. The van der Waals surface area contributed by atoms with Gasteiger partial charge in [-0.05, 0) is 49.6 Å². The average molecular weight is 672 g/mol. The monoisotopic (exact) mass is 671 g/mol. The predicted octanol–water partition coefficient (Wildman–Crippen LogP) is 3.55. The average Bonchev–Trinajstić information content (AvgIpc) is 3.44. The molecule has 1 amide bonds. The first kappa shape index (κ1) is 30.3. The molecule has 0 radical (unpaired) electrons. The first-order valence-corrected chi connectivity index (χ1v) is 17.1. The first-order chi connectivity index (χ1) is 23.7. The molecule has 6 aromatic rings. The van der Waals surface area contributed by atoms with Crippen LogP contribution in [0.25, 0.3) is 34.3 Å². The second-order valence-electron chi connectivity index (χ2n) is 12.0. The van der Waals surface area contributed by atoms with Crippen molar-refractivity contribution in [2.75, 3.05) is 4.72 Å². The molecule has 1 fully saturated rings. The van der Waals surface area contributed by atoms with Crippen molar-refractivity contribution < 1.29 is 13.2 Å². The van der Waals surface area contributed by atoms with Gasteiger partial charge in [0.1, 0.15) is 5.56 Å². The van der Waals surface area contributed by atoms with E-state index >= 15 is 0 Å². The lowest BCUT2D eigenvalue weighted by atomic mass is 9.96. The van der Waals surface area contributed by atoms with Crippen LogP contribution < -0.4 is 20.3 Å². The molecule has 0 aliphatic heterocycles. The number of hydrogen-bond donors (Lipinski definition) is 3. The zero-order valence-corrected chi connectivity index (χ0v) is 27.2. The number of para-hydroxylation sites is 1. The third-order valence-corrected chi connectivity index (χ3v) is 9.55. The van der Waals surface area contributed by atoms with Crippen LogP contribution in [0.1, 0.15) is 64.1 Å². The maximum absolute atomic E-state index is 14.6. The third-order valence-electron chi connectivity index (χ3n) is 8.44. The summed E-state index contributed by atoms with van der Waals surface area (Å²) in [6.07, 6.45) is 11.9. The molecule has 8 rings (SSSR count). The summed E-state index contributed by atoms with van der Waals surface area (Å²) in [5.74, 6) is 5.52. The quantitative estimate of drug-likeness (QED) is 0.209. The Kier molecular flexibility index (Phi) is 7.16. The Hall–Kier alpha value is -6.04. The Morgan fingerprint density at radius 3 is 2.61 bits per heavy atom. The van der Waals surface area contributed by atoms with E-state index in [2.05, 4.69) is 41.8 Å². The van der Waals surface area contributed by atoms with Gasteiger partial charge in [0.2, 0.25) is 0 Å².